The van der Waals surface area contributed by atoms with Crippen molar-refractivity contribution in [3.05, 3.63) is 28.2 Å². The van der Waals surface area contributed by atoms with E-state index in [9.17, 15) is 0 Å². The monoisotopic (exact) mass is 253 g/mol. The summed E-state index contributed by atoms with van der Waals surface area (Å²) < 4.78 is 7.02. The van der Waals surface area contributed by atoms with Gasteiger partial charge in [0.1, 0.15) is 11.9 Å². The topological polar surface area (TPSA) is 21.3 Å². The second-order valence-corrected chi connectivity index (χ2v) is 4.77. The van der Waals surface area contributed by atoms with Gasteiger partial charge in [-0.15, -0.1) is 0 Å². The number of benzene rings is 1. The maximum Gasteiger partial charge on any atom is 0.137 e. The van der Waals surface area contributed by atoms with Crippen LogP contribution in [0.5, 0.6) is 5.75 Å². The molecule has 2 aliphatic rings. The number of ether oxygens (including phenoxy) is 1. The first-order chi connectivity index (χ1) is 6.86. The maximum absolute atomic E-state index is 5.93. The third kappa shape index (κ3) is 1.19. The molecule has 1 aromatic rings. The van der Waals surface area contributed by atoms with E-state index in [4.69, 9.17) is 4.74 Å². The fourth-order valence-electron chi connectivity index (χ4n) is 2.40. The normalized spacial score (nSPS) is 29.2. The van der Waals surface area contributed by atoms with Gasteiger partial charge in [0.2, 0.25) is 0 Å². The van der Waals surface area contributed by atoms with E-state index in [0.29, 0.717) is 12.0 Å². The van der Waals surface area contributed by atoms with Crippen LogP contribution in [-0.4, -0.2) is 19.2 Å². The van der Waals surface area contributed by atoms with E-state index in [2.05, 4.69) is 33.4 Å². The molecule has 0 amide bonds. The number of nitrogens with one attached hydrogen (secondary N) is 1. The summed E-state index contributed by atoms with van der Waals surface area (Å²) >= 11 is 3.54. The van der Waals surface area contributed by atoms with Gasteiger partial charge in [-0.1, -0.05) is 12.1 Å². The molecule has 2 nitrogen and oxygen atoms in total. The molecule has 3 heteroatoms. The van der Waals surface area contributed by atoms with E-state index in [0.717, 1.165) is 23.3 Å². The molecule has 2 atom stereocenters. The highest BCUT2D eigenvalue weighted by Gasteiger charge is 2.36. The van der Waals surface area contributed by atoms with Gasteiger partial charge in [0.15, 0.2) is 0 Å². The van der Waals surface area contributed by atoms with Gasteiger partial charge in [-0.25, -0.2) is 0 Å². The SMILES string of the molecule is Brc1cccc2c1O[C@H]1CNCC[C@@H]21. The predicted octanol–water partition coefficient (Wildman–Crippen LogP) is 2.29. The first-order valence-electron chi connectivity index (χ1n) is 5.02. The lowest BCUT2D eigenvalue weighted by atomic mass is 9.90. The van der Waals surface area contributed by atoms with Gasteiger partial charge in [0, 0.05) is 18.0 Å². The Morgan fingerprint density at radius 3 is 3.29 bits per heavy atom. The molecule has 0 spiro atoms. The first kappa shape index (κ1) is 8.74. The Balaban J connectivity index is 2.05. The van der Waals surface area contributed by atoms with E-state index >= 15 is 0 Å². The van der Waals surface area contributed by atoms with Crippen LogP contribution in [0.4, 0.5) is 0 Å². The summed E-state index contributed by atoms with van der Waals surface area (Å²) in [6.07, 6.45) is 1.53. The van der Waals surface area contributed by atoms with Gasteiger partial charge in [0.05, 0.1) is 4.47 Å². The number of piperidine rings is 1. The van der Waals surface area contributed by atoms with Crippen molar-refractivity contribution < 1.29 is 4.74 Å². The Bertz CT molecular complexity index is 366. The first-order valence-corrected chi connectivity index (χ1v) is 5.81. The molecule has 0 bridgehead atoms. The molecule has 0 aliphatic carbocycles. The minimum absolute atomic E-state index is 0.345. The molecule has 2 heterocycles. The number of fused-ring (bicyclic) bond motifs is 3. The van der Waals surface area contributed by atoms with Crippen molar-refractivity contribution in [2.24, 2.45) is 0 Å². The summed E-state index contributed by atoms with van der Waals surface area (Å²) in [5.74, 6) is 1.66. The van der Waals surface area contributed by atoms with Crippen LogP contribution in [0.1, 0.15) is 17.9 Å². The standard InChI is InChI=1S/C11H12BrNO/c12-9-3-1-2-8-7-4-5-13-6-10(7)14-11(8)9/h1-3,7,10,13H,4-6H2/t7-,10-/m0/s1. The minimum atomic E-state index is 0.345. The summed E-state index contributed by atoms with van der Waals surface area (Å²) in [6.45, 7) is 2.09. The Hall–Kier alpha value is -0.540. The quantitative estimate of drug-likeness (QED) is 0.767. The van der Waals surface area contributed by atoms with Crippen LogP contribution in [0.25, 0.3) is 0 Å². The molecule has 14 heavy (non-hydrogen) atoms. The van der Waals surface area contributed by atoms with E-state index < -0.39 is 0 Å². The molecule has 0 radical (unpaired) electrons. The van der Waals surface area contributed by atoms with Crippen LogP contribution >= 0.6 is 15.9 Å². The summed E-state index contributed by atoms with van der Waals surface area (Å²) in [6, 6.07) is 6.33. The van der Waals surface area contributed by atoms with Crippen LogP contribution in [0.15, 0.2) is 22.7 Å². The Labute approximate surface area is 91.8 Å². The average molecular weight is 254 g/mol. The van der Waals surface area contributed by atoms with Gasteiger partial charge in [0.25, 0.3) is 0 Å². The lowest BCUT2D eigenvalue weighted by molar-refractivity contribution is 0.176. The van der Waals surface area contributed by atoms with E-state index in [1.165, 1.54) is 12.0 Å². The molecule has 0 aromatic heterocycles. The van der Waals surface area contributed by atoms with Crippen LogP contribution in [0, 0.1) is 0 Å². The van der Waals surface area contributed by atoms with Crippen molar-refractivity contribution in [3.8, 4) is 5.75 Å². The zero-order chi connectivity index (χ0) is 9.54. The third-order valence-electron chi connectivity index (χ3n) is 3.09. The van der Waals surface area contributed by atoms with E-state index in [1.54, 1.807) is 0 Å². The number of halogens is 1. The molecule has 0 saturated carbocycles. The van der Waals surface area contributed by atoms with Crippen LogP contribution < -0.4 is 10.1 Å². The molecular formula is C11H12BrNO. The lowest BCUT2D eigenvalue weighted by Crippen LogP contribution is -2.39. The van der Waals surface area contributed by atoms with Gasteiger partial charge in [-0.2, -0.15) is 0 Å². The van der Waals surface area contributed by atoms with Crippen LogP contribution in [0.3, 0.4) is 0 Å². The molecule has 1 N–H and O–H groups in total. The predicted molar refractivity (Wildman–Crippen MR) is 58.8 cm³/mol. The van der Waals surface area contributed by atoms with E-state index in [-0.39, 0.29) is 0 Å². The van der Waals surface area contributed by atoms with Crippen molar-refractivity contribution in [2.45, 2.75) is 18.4 Å². The van der Waals surface area contributed by atoms with Crippen LogP contribution in [-0.2, 0) is 0 Å². The Morgan fingerprint density at radius 2 is 2.36 bits per heavy atom. The molecule has 74 valence electrons. The average Bonchev–Trinajstić information content (AvgIpc) is 2.59. The molecule has 1 aromatic carbocycles. The van der Waals surface area contributed by atoms with Gasteiger partial charge >= 0.3 is 0 Å². The Morgan fingerprint density at radius 1 is 1.43 bits per heavy atom. The fourth-order valence-corrected chi connectivity index (χ4v) is 2.88. The van der Waals surface area contributed by atoms with Crippen LogP contribution in [0.2, 0.25) is 0 Å². The molecule has 1 saturated heterocycles. The minimum Gasteiger partial charge on any atom is -0.487 e. The summed E-state index contributed by atoms with van der Waals surface area (Å²) in [4.78, 5) is 0. The number of hydrogen-bond acceptors (Lipinski definition) is 2. The second-order valence-electron chi connectivity index (χ2n) is 3.91. The lowest BCUT2D eigenvalue weighted by Gasteiger charge is -2.24. The van der Waals surface area contributed by atoms with Gasteiger partial charge < -0.3 is 10.1 Å². The summed E-state index contributed by atoms with van der Waals surface area (Å²) in [5, 5.41) is 3.37. The zero-order valence-corrected chi connectivity index (χ0v) is 9.38. The number of para-hydroxylation sites is 1. The van der Waals surface area contributed by atoms with Crippen molar-refractivity contribution in [3.63, 3.8) is 0 Å². The van der Waals surface area contributed by atoms with Crippen molar-refractivity contribution in [1.82, 2.24) is 5.32 Å². The van der Waals surface area contributed by atoms with Gasteiger partial charge in [-0.05, 0) is 35.0 Å². The van der Waals surface area contributed by atoms with Gasteiger partial charge in [-0.3, -0.25) is 0 Å². The fraction of sp³-hybridized carbons (Fsp3) is 0.455. The van der Waals surface area contributed by atoms with Crippen molar-refractivity contribution in [1.29, 1.82) is 0 Å². The second kappa shape index (κ2) is 3.24. The number of rotatable bonds is 0. The molecule has 1 fully saturated rings. The largest absolute Gasteiger partial charge is 0.487 e. The summed E-state index contributed by atoms with van der Waals surface area (Å²) in [5.41, 5.74) is 1.38. The highest BCUT2D eigenvalue weighted by molar-refractivity contribution is 9.10. The molecule has 0 unspecified atom stereocenters. The van der Waals surface area contributed by atoms with Crippen molar-refractivity contribution >= 4 is 15.9 Å². The Kier molecular flexibility index (Phi) is 2.03. The third-order valence-corrected chi connectivity index (χ3v) is 3.72. The van der Waals surface area contributed by atoms with E-state index in [1.807, 2.05) is 6.07 Å². The number of hydrogen-bond donors (Lipinski definition) is 1. The molecular weight excluding hydrogens is 242 g/mol. The molecule has 3 rings (SSSR count). The molecule has 2 aliphatic heterocycles. The van der Waals surface area contributed by atoms with Crippen molar-refractivity contribution in [2.75, 3.05) is 13.1 Å². The maximum atomic E-state index is 5.93. The highest BCUT2D eigenvalue weighted by atomic mass is 79.9. The smallest absolute Gasteiger partial charge is 0.137 e. The highest BCUT2D eigenvalue weighted by Crippen LogP contribution is 2.44. The summed E-state index contributed by atoms with van der Waals surface area (Å²) in [7, 11) is 0. The zero-order valence-electron chi connectivity index (χ0n) is 7.79.